The molecule has 0 fully saturated rings. The number of halogens is 1. The summed E-state index contributed by atoms with van der Waals surface area (Å²) in [6, 6.07) is 15.8. The van der Waals surface area contributed by atoms with E-state index in [-0.39, 0.29) is 4.90 Å². The molecular formula is C15H11BrN2O3S. The summed E-state index contributed by atoms with van der Waals surface area (Å²) in [5.41, 5.74) is 0. The minimum absolute atomic E-state index is 0.156. The summed E-state index contributed by atoms with van der Waals surface area (Å²) < 4.78 is 30.2. The van der Waals surface area contributed by atoms with Gasteiger partial charge in [0.15, 0.2) is 4.67 Å². The van der Waals surface area contributed by atoms with E-state index in [0.717, 1.165) is 10.8 Å². The van der Waals surface area contributed by atoms with Gasteiger partial charge >= 0.3 is 0 Å². The van der Waals surface area contributed by atoms with Crippen LogP contribution in [0.25, 0.3) is 10.8 Å². The van der Waals surface area contributed by atoms with Gasteiger partial charge in [-0.25, -0.2) is 0 Å². The first-order valence-electron chi connectivity index (χ1n) is 6.34. The topological polar surface area (TPSA) is 71.7 Å². The van der Waals surface area contributed by atoms with Crippen LogP contribution in [-0.4, -0.2) is 14.6 Å². The van der Waals surface area contributed by atoms with E-state index in [1.54, 1.807) is 30.3 Å². The van der Waals surface area contributed by atoms with Crippen LogP contribution < -0.4 is 4.83 Å². The summed E-state index contributed by atoms with van der Waals surface area (Å²) in [6.07, 6.45) is 1.29. The fourth-order valence-corrected chi connectivity index (χ4v) is 3.09. The molecule has 7 heteroatoms. The van der Waals surface area contributed by atoms with Crippen molar-refractivity contribution in [3.05, 3.63) is 65.0 Å². The standard InChI is InChI=1S/C15H11BrN2O3S/c16-15-8-6-13(21-15)10-17-18-22(19,20)14-7-5-11-3-1-2-4-12(11)9-14/h1-10,18H/b17-10+. The SMILES string of the molecule is O=S(=O)(N/N=C/c1ccc(Br)o1)c1ccc2ccccc2c1. The van der Waals surface area contributed by atoms with Crippen LogP contribution in [0.15, 0.2) is 73.7 Å². The maximum Gasteiger partial charge on any atom is 0.276 e. The van der Waals surface area contributed by atoms with Crippen LogP contribution in [0, 0.1) is 0 Å². The van der Waals surface area contributed by atoms with Crippen molar-refractivity contribution in [2.24, 2.45) is 5.10 Å². The van der Waals surface area contributed by atoms with Crippen LogP contribution in [0.1, 0.15) is 5.76 Å². The van der Waals surface area contributed by atoms with Crippen molar-refractivity contribution in [1.29, 1.82) is 0 Å². The van der Waals surface area contributed by atoms with Gasteiger partial charge < -0.3 is 4.42 Å². The van der Waals surface area contributed by atoms with E-state index >= 15 is 0 Å². The van der Waals surface area contributed by atoms with Gasteiger partial charge in [0.25, 0.3) is 10.0 Å². The van der Waals surface area contributed by atoms with Crippen molar-refractivity contribution in [2.45, 2.75) is 4.90 Å². The van der Waals surface area contributed by atoms with E-state index < -0.39 is 10.0 Å². The molecule has 0 saturated heterocycles. The van der Waals surface area contributed by atoms with Gasteiger partial charge in [-0.1, -0.05) is 30.3 Å². The molecule has 22 heavy (non-hydrogen) atoms. The average Bonchev–Trinajstić information content (AvgIpc) is 2.92. The molecule has 0 spiro atoms. The number of furan rings is 1. The summed E-state index contributed by atoms with van der Waals surface area (Å²) in [5, 5.41) is 5.53. The number of hydrogen-bond acceptors (Lipinski definition) is 4. The second-order valence-electron chi connectivity index (χ2n) is 4.50. The molecule has 5 nitrogen and oxygen atoms in total. The Balaban J connectivity index is 1.83. The summed E-state index contributed by atoms with van der Waals surface area (Å²) in [6.45, 7) is 0. The van der Waals surface area contributed by atoms with E-state index in [2.05, 4.69) is 25.9 Å². The van der Waals surface area contributed by atoms with Crippen LogP contribution in [0.5, 0.6) is 0 Å². The number of sulfonamides is 1. The Morgan fingerprint density at radius 1 is 1.05 bits per heavy atom. The Bertz CT molecular complexity index is 948. The first-order chi connectivity index (χ1) is 10.5. The summed E-state index contributed by atoms with van der Waals surface area (Å²) in [4.78, 5) is 2.32. The Kier molecular flexibility index (Phi) is 4.00. The molecule has 1 N–H and O–H groups in total. The molecule has 0 radical (unpaired) electrons. The lowest BCUT2D eigenvalue weighted by molar-refractivity contribution is 0.534. The smallest absolute Gasteiger partial charge is 0.276 e. The lowest BCUT2D eigenvalue weighted by atomic mass is 10.1. The highest BCUT2D eigenvalue weighted by Gasteiger charge is 2.13. The minimum Gasteiger partial charge on any atom is -0.448 e. The highest BCUT2D eigenvalue weighted by atomic mass is 79.9. The normalized spacial score (nSPS) is 12.0. The molecule has 3 aromatic rings. The van der Waals surface area contributed by atoms with Gasteiger partial charge in [-0.15, -0.1) is 0 Å². The van der Waals surface area contributed by atoms with Crippen LogP contribution >= 0.6 is 15.9 Å². The molecule has 0 aliphatic carbocycles. The number of benzene rings is 2. The Hall–Kier alpha value is -2.12. The van der Waals surface area contributed by atoms with Gasteiger partial charge in [-0.2, -0.15) is 18.4 Å². The Morgan fingerprint density at radius 2 is 1.82 bits per heavy atom. The first kappa shape index (κ1) is 14.8. The molecule has 0 saturated carbocycles. The largest absolute Gasteiger partial charge is 0.448 e. The average molecular weight is 379 g/mol. The third kappa shape index (κ3) is 3.20. The third-order valence-electron chi connectivity index (χ3n) is 2.99. The van der Waals surface area contributed by atoms with Gasteiger partial charge in [-0.05, 0) is 51.0 Å². The maximum absolute atomic E-state index is 12.2. The zero-order valence-electron chi connectivity index (χ0n) is 11.2. The Morgan fingerprint density at radius 3 is 2.55 bits per heavy atom. The summed E-state index contributed by atoms with van der Waals surface area (Å²) in [5.74, 6) is 0.438. The lowest BCUT2D eigenvalue weighted by Crippen LogP contribution is -2.18. The van der Waals surface area contributed by atoms with E-state index in [0.29, 0.717) is 10.4 Å². The molecule has 0 unspecified atom stereocenters. The number of hydrazone groups is 1. The molecule has 1 aromatic heterocycles. The molecule has 0 amide bonds. The van der Waals surface area contributed by atoms with Crippen molar-refractivity contribution in [3.63, 3.8) is 0 Å². The molecule has 0 aliphatic rings. The second-order valence-corrected chi connectivity index (χ2v) is 6.95. The zero-order valence-corrected chi connectivity index (χ0v) is 13.6. The second kappa shape index (κ2) is 5.94. The summed E-state index contributed by atoms with van der Waals surface area (Å²) in [7, 11) is -3.72. The molecule has 1 heterocycles. The quantitative estimate of drug-likeness (QED) is 0.557. The van der Waals surface area contributed by atoms with E-state index in [1.165, 1.54) is 6.21 Å². The lowest BCUT2D eigenvalue weighted by Gasteiger charge is -2.04. The van der Waals surface area contributed by atoms with Crippen molar-refractivity contribution in [1.82, 2.24) is 4.83 Å². The highest BCUT2D eigenvalue weighted by Crippen LogP contribution is 2.18. The number of nitrogens with one attached hydrogen (secondary N) is 1. The molecule has 0 atom stereocenters. The van der Waals surface area contributed by atoms with Crippen molar-refractivity contribution >= 4 is 42.9 Å². The molecule has 0 aliphatic heterocycles. The van der Waals surface area contributed by atoms with Crippen molar-refractivity contribution in [3.8, 4) is 0 Å². The van der Waals surface area contributed by atoms with E-state index in [9.17, 15) is 8.42 Å². The number of rotatable bonds is 4. The maximum atomic E-state index is 12.2. The van der Waals surface area contributed by atoms with E-state index in [4.69, 9.17) is 4.42 Å². The molecule has 112 valence electrons. The van der Waals surface area contributed by atoms with Gasteiger partial charge in [0.05, 0.1) is 11.1 Å². The zero-order chi connectivity index (χ0) is 15.6. The minimum atomic E-state index is -3.72. The highest BCUT2D eigenvalue weighted by molar-refractivity contribution is 9.10. The predicted molar refractivity (Wildman–Crippen MR) is 88.3 cm³/mol. The van der Waals surface area contributed by atoms with Gasteiger partial charge in [0, 0.05) is 0 Å². The number of fused-ring (bicyclic) bond motifs is 1. The fourth-order valence-electron chi connectivity index (χ4n) is 1.94. The predicted octanol–water partition coefficient (Wildman–Crippen LogP) is 3.51. The van der Waals surface area contributed by atoms with Crippen molar-refractivity contribution < 1.29 is 12.8 Å². The fraction of sp³-hybridized carbons (Fsp3) is 0. The van der Waals surface area contributed by atoms with Gasteiger partial charge in [0.1, 0.15) is 5.76 Å². The van der Waals surface area contributed by atoms with E-state index in [1.807, 2.05) is 24.3 Å². The van der Waals surface area contributed by atoms with Crippen LogP contribution in [0.3, 0.4) is 0 Å². The van der Waals surface area contributed by atoms with Crippen molar-refractivity contribution in [2.75, 3.05) is 0 Å². The number of nitrogens with zero attached hydrogens (tertiary/aromatic N) is 1. The Labute approximate surface area is 135 Å². The molecular weight excluding hydrogens is 368 g/mol. The third-order valence-corrected chi connectivity index (χ3v) is 4.64. The first-order valence-corrected chi connectivity index (χ1v) is 8.61. The molecule has 0 bridgehead atoms. The summed E-state index contributed by atoms with van der Waals surface area (Å²) >= 11 is 3.16. The van der Waals surface area contributed by atoms with Gasteiger partial charge in [0.2, 0.25) is 0 Å². The van der Waals surface area contributed by atoms with Crippen LogP contribution in [0.2, 0.25) is 0 Å². The van der Waals surface area contributed by atoms with Gasteiger partial charge in [-0.3, -0.25) is 0 Å². The molecule has 2 aromatic carbocycles. The van der Waals surface area contributed by atoms with Crippen LogP contribution in [-0.2, 0) is 10.0 Å². The monoisotopic (exact) mass is 378 g/mol. The van der Waals surface area contributed by atoms with Crippen LogP contribution in [0.4, 0.5) is 0 Å². The number of hydrogen-bond donors (Lipinski definition) is 1. The molecule has 3 rings (SSSR count).